The first-order valence-corrected chi connectivity index (χ1v) is 22.5. The highest BCUT2D eigenvalue weighted by atomic mass is 16.6. The monoisotopic (exact) mass is 922 g/mol. The Labute approximate surface area is 383 Å². The van der Waals surface area contributed by atoms with Gasteiger partial charge in [-0.25, -0.2) is 9.59 Å². The van der Waals surface area contributed by atoms with Gasteiger partial charge in [0, 0.05) is 6.54 Å². The highest BCUT2D eigenvalue weighted by molar-refractivity contribution is 6.05. The molecule has 65 heavy (non-hydrogen) atoms. The Hall–Kier alpha value is -4.85. The van der Waals surface area contributed by atoms with E-state index in [9.17, 15) is 48.9 Å². The maximum absolute atomic E-state index is 13.9. The SMILES string of the molecule is CC[C@H](C)[C@@H](NC(=O)[C@H](COC(O)[C@H](Cc1ccc(OC)cc1)NC)NC(=O)OC(C)(C)C)[C@@H](O)CC(=O)O[C@H](C(=O)C(C)C(=O)N[C@@H](CC(C)C)C(=O)N1CCC[C@H]1C(=O)O)C(C)C. The molecule has 1 heterocycles. The summed E-state index contributed by atoms with van der Waals surface area (Å²) >= 11 is 0. The molecule has 19 heteroatoms. The van der Waals surface area contributed by atoms with Crippen LogP contribution in [0.5, 0.6) is 5.75 Å². The van der Waals surface area contributed by atoms with Crippen LogP contribution in [-0.4, -0.2) is 143 Å². The van der Waals surface area contributed by atoms with Gasteiger partial charge in [0.1, 0.15) is 29.5 Å². The smallest absolute Gasteiger partial charge is 0.408 e. The molecule has 0 saturated carbocycles. The molecule has 1 aromatic carbocycles. The van der Waals surface area contributed by atoms with E-state index in [0.29, 0.717) is 25.0 Å². The van der Waals surface area contributed by atoms with Crippen LogP contribution in [-0.2, 0) is 49.4 Å². The number of alkyl carbamates (subject to hydrolysis) is 1. The number of carboxylic acids is 1. The average Bonchev–Trinajstić information content (AvgIpc) is 3.73. The van der Waals surface area contributed by atoms with E-state index in [1.165, 1.54) is 11.8 Å². The number of aliphatic hydroxyl groups is 2. The van der Waals surface area contributed by atoms with Crippen molar-refractivity contribution in [3.63, 3.8) is 0 Å². The topological polar surface area (TPSA) is 268 Å². The van der Waals surface area contributed by atoms with Crippen LogP contribution in [0.15, 0.2) is 24.3 Å². The van der Waals surface area contributed by atoms with Crippen molar-refractivity contribution in [2.24, 2.45) is 23.7 Å². The lowest BCUT2D eigenvalue weighted by Gasteiger charge is -2.32. The number of carboxylic acid groups (broad SMARTS) is 1. The number of ether oxygens (including phenoxy) is 4. The van der Waals surface area contributed by atoms with Crippen molar-refractivity contribution in [1.29, 1.82) is 0 Å². The molecule has 0 radical (unpaired) electrons. The number of benzene rings is 1. The standard InChI is InChI=1S/C46H75N5O14/c1-13-27(6)37(50-41(56)33(49-45(61)65-46(8,9)10)24-63-44(60)32(47-11)22-29-16-18-30(62-12)19-17-29)35(52)23-36(53)64-39(26(4)5)38(54)28(7)40(55)48-31(21-25(2)3)42(57)51-20-14-15-34(51)43(58)59/h16-19,25-28,31-35,37,39,44,47,52,60H,13-15,20-24H2,1-12H3,(H,48,55)(H,49,61)(H,50,56)(H,58,59)/t27-,28?,31-,32-,33-,34-,35-,37+,39-,44?/m0/s1. The second-order valence-electron chi connectivity index (χ2n) is 18.6. The van der Waals surface area contributed by atoms with Gasteiger partial charge in [-0.05, 0) is 95.9 Å². The first kappa shape index (κ1) is 56.3. The van der Waals surface area contributed by atoms with Gasteiger partial charge in [-0.1, -0.05) is 60.1 Å². The number of aliphatic carboxylic acids is 1. The van der Waals surface area contributed by atoms with E-state index >= 15 is 0 Å². The molecule has 10 atom stereocenters. The van der Waals surface area contributed by atoms with E-state index in [1.54, 1.807) is 74.8 Å². The van der Waals surface area contributed by atoms with Gasteiger partial charge in [-0.15, -0.1) is 0 Å². The van der Waals surface area contributed by atoms with Crippen molar-refractivity contribution < 1.29 is 67.8 Å². The lowest BCUT2D eigenvalue weighted by Crippen LogP contribution is -2.57. The molecule has 1 fully saturated rings. The first-order chi connectivity index (χ1) is 30.3. The van der Waals surface area contributed by atoms with E-state index < -0.39 is 127 Å². The highest BCUT2D eigenvalue weighted by Crippen LogP contribution is 2.23. The molecule has 7 N–H and O–H groups in total. The molecular formula is C46H75N5O14. The fourth-order valence-corrected chi connectivity index (χ4v) is 7.30. The molecule has 1 aliphatic heterocycles. The van der Waals surface area contributed by atoms with E-state index in [2.05, 4.69) is 21.3 Å². The van der Waals surface area contributed by atoms with E-state index in [4.69, 9.17) is 18.9 Å². The summed E-state index contributed by atoms with van der Waals surface area (Å²) in [6, 6.07) is 1.95. The molecule has 1 aliphatic rings. The maximum atomic E-state index is 13.9. The number of likely N-dealkylation sites (tertiary alicyclic amines) is 1. The van der Waals surface area contributed by atoms with Crippen LogP contribution in [0.3, 0.4) is 0 Å². The molecular weight excluding hydrogens is 847 g/mol. The van der Waals surface area contributed by atoms with Crippen molar-refractivity contribution in [3.05, 3.63) is 29.8 Å². The van der Waals surface area contributed by atoms with Crippen molar-refractivity contribution in [3.8, 4) is 5.75 Å². The number of rotatable bonds is 26. The Balaban J connectivity index is 2.22. The number of ketones is 1. The third-order valence-corrected chi connectivity index (χ3v) is 11.2. The maximum Gasteiger partial charge on any atom is 0.408 e. The van der Waals surface area contributed by atoms with Gasteiger partial charge < -0.3 is 60.4 Å². The Kier molecular flexibility index (Phi) is 22.8. The molecule has 0 spiro atoms. The number of nitrogens with one attached hydrogen (secondary N) is 4. The molecule has 19 nitrogen and oxygen atoms in total. The number of amides is 4. The van der Waals surface area contributed by atoms with Crippen LogP contribution in [0.25, 0.3) is 0 Å². The van der Waals surface area contributed by atoms with Crippen LogP contribution in [0.4, 0.5) is 4.79 Å². The minimum atomic E-state index is -1.56. The van der Waals surface area contributed by atoms with Crippen molar-refractivity contribution in [1.82, 2.24) is 26.2 Å². The van der Waals surface area contributed by atoms with Gasteiger partial charge in [0.15, 0.2) is 18.2 Å². The third kappa shape index (κ3) is 18.2. The zero-order chi connectivity index (χ0) is 49.3. The van der Waals surface area contributed by atoms with Crippen molar-refractivity contribution in [2.75, 3.05) is 27.3 Å². The highest BCUT2D eigenvalue weighted by Gasteiger charge is 2.41. The summed E-state index contributed by atoms with van der Waals surface area (Å²) in [5.74, 6) is -6.91. The summed E-state index contributed by atoms with van der Waals surface area (Å²) in [4.78, 5) is 94.1. The third-order valence-electron chi connectivity index (χ3n) is 11.2. The van der Waals surface area contributed by atoms with Crippen LogP contribution < -0.4 is 26.0 Å². The molecule has 2 rings (SSSR count). The lowest BCUT2D eigenvalue weighted by atomic mass is 9.91. The van der Waals surface area contributed by atoms with Crippen LogP contribution in [0, 0.1) is 23.7 Å². The van der Waals surface area contributed by atoms with Gasteiger partial charge in [-0.3, -0.25) is 24.0 Å². The lowest BCUT2D eigenvalue weighted by molar-refractivity contribution is -0.162. The number of Topliss-reactive ketones (excluding diaryl/α,β-unsaturated/α-hetero) is 1. The first-order valence-electron chi connectivity index (χ1n) is 22.5. The summed E-state index contributed by atoms with van der Waals surface area (Å²) in [5.41, 5.74) is -0.0687. The number of nitrogens with zero attached hydrogens (tertiary/aromatic N) is 1. The number of esters is 1. The number of aliphatic hydroxyl groups excluding tert-OH is 2. The molecule has 0 bridgehead atoms. The second kappa shape index (κ2) is 26.3. The summed E-state index contributed by atoms with van der Waals surface area (Å²) < 4.78 is 21.9. The average molecular weight is 922 g/mol. The Morgan fingerprint density at radius 2 is 1.52 bits per heavy atom. The summed E-state index contributed by atoms with van der Waals surface area (Å²) in [5, 5.41) is 43.0. The van der Waals surface area contributed by atoms with Gasteiger partial charge in [-0.2, -0.15) is 0 Å². The van der Waals surface area contributed by atoms with Crippen LogP contribution in [0.1, 0.15) is 107 Å². The molecule has 1 saturated heterocycles. The molecule has 368 valence electrons. The van der Waals surface area contributed by atoms with Gasteiger partial charge in [0.05, 0.1) is 44.2 Å². The normalized spacial score (nSPS) is 18.3. The number of carbonyl (C=O) groups excluding carboxylic acids is 6. The molecule has 0 aromatic heterocycles. The summed E-state index contributed by atoms with van der Waals surface area (Å²) in [6.45, 7) is 16.4. The van der Waals surface area contributed by atoms with E-state index in [-0.39, 0.29) is 25.3 Å². The predicted octanol–water partition coefficient (Wildman–Crippen LogP) is 2.72. The number of hydrogen-bond acceptors (Lipinski definition) is 14. The van der Waals surface area contributed by atoms with Gasteiger partial charge in [0.2, 0.25) is 17.7 Å². The number of likely N-dealkylation sites (N-methyl/N-ethyl adjacent to an activating group) is 1. The zero-order valence-corrected chi connectivity index (χ0v) is 40.2. The summed E-state index contributed by atoms with van der Waals surface area (Å²) in [6.07, 6.45) is -4.31. The number of methoxy groups -OCH3 is 1. The zero-order valence-electron chi connectivity index (χ0n) is 40.2. The summed E-state index contributed by atoms with van der Waals surface area (Å²) in [7, 11) is 3.18. The number of carbonyl (C=O) groups is 7. The predicted molar refractivity (Wildman–Crippen MR) is 239 cm³/mol. The van der Waals surface area contributed by atoms with Crippen LogP contribution in [0.2, 0.25) is 0 Å². The molecule has 4 amide bonds. The fourth-order valence-electron chi connectivity index (χ4n) is 7.30. The van der Waals surface area contributed by atoms with Crippen LogP contribution >= 0.6 is 0 Å². The fraction of sp³-hybridized carbons (Fsp3) is 0.717. The quantitative estimate of drug-likeness (QED) is 0.0400. The molecule has 0 aliphatic carbocycles. The molecule has 1 aromatic rings. The van der Waals surface area contributed by atoms with Crippen molar-refractivity contribution in [2.45, 2.75) is 162 Å². The Bertz CT molecular complexity index is 1730. The van der Waals surface area contributed by atoms with Gasteiger partial charge in [0.25, 0.3) is 0 Å². The van der Waals surface area contributed by atoms with E-state index in [0.717, 1.165) is 5.56 Å². The second-order valence-corrected chi connectivity index (χ2v) is 18.6. The van der Waals surface area contributed by atoms with Crippen molar-refractivity contribution >= 4 is 41.5 Å². The molecule has 2 unspecified atom stereocenters. The largest absolute Gasteiger partial charge is 0.497 e. The Morgan fingerprint density at radius 3 is 2.05 bits per heavy atom. The number of hydrogen-bond donors (Lipinski definition) is 7. The van der Waals surface area contributed by atoms with E-state index in [1.807, 2.05) is 26.0 Å². The minimum absolute atomic E-state index is 0.0678. The van der Waals surface area contributed by atoms with Gasteiger partial charge >= 0.3 is 18.0 Å². The minimum Gasteiger partial charge on any atom is -0.497 e. The Morgan fingerprint density at radius 1 is 0.892 bits per heavy atom.